The maximum atomic E-state index is 8.71. The second-order valence-electron chi connectivity index (χ2n) is 2.82. The molecule has 4 heteroatoms. The van der Waals surface area contributed by atoms with Crippen LogP contribution < -0.4 is 4.74 Å². The van der Waals surface area contributed by atoms with Crippen molar-refractivity contribution in [1.82, 2.24) is 9.78 Å². The smallest absolute Gasteiger partial charge is 0.240 e. The van der Waals surface area contributed by atoms with Gasteiger partial charge in [0.05, 0.1) is 25.8 Å². The molecule has 0 radical (unpaired) electrons. The molecule has 72 valence electrons. The fraction of sp³-hybridized carbons (Fsp3) is 0.444. The summed E-state index contributed by atoms with van der Waals surface area (Å²) in [6, 6.07) is 0. The van der Waals surface area contributed by atoms with Crippen LogP contribution in [0.15, 0.2) is 12.8 Å². The van der Waals surface area contributed by atoms with Crippen LogP contribution in [0.5, 0.6) is 5.88 Å². The van der Waals surface area contributed by atoms with Gasteiger partial charge >= 0.3 is 0 Å². The van der Waals surface area contributed by atoms with E-state index in [2.05, 4.69) is 11.7 Å². The van der Waals surface area contributed by atoms with E-state index >= 15 is 0 Å². The van der Waals surface area contributed by atoms with Crippen LogP contribution in [0.4, 0.5) is 0 Å². The zero-order chi connectivity index (χ0) is 9.84. The normalized spacial score (nSPS) is 10.1. The van der Waals surface area contributed by atoms with Crippen molar-refractivity contribution in [3.8, 4) is 5.88 Å². The summed E-state index contributed by atoms with van der Waals surface area (Å²) in [5.41, 5.74) is 1.79. The Bertz CT molecular complexity index is 305. The summed E-state index contributed by atoms with van der Waals surface area (Å²) < 4.78 is 6.70. The summed E-state index contributed by atoms with van der Waals surface area (Å²) in [7, 11) is 1.57. The third kappa shape index (κ3) is 2.09. The summed E-state index contributed by atoms with van der Waals surface area (Å²) >= 11 is 0. The maximum absolute atomic E-state index is 8.71. The van der Waals surface area contributed by atoms with E-state index < -0.39 is 0 Å². The van der Waals surface area contributed by atoms with Gasteiger partial charge in [0.25, 0.3) is 0 Å². The van der Waals surface area contributed by atoms with Crippen molar-refractivity contribution in [3.05, 3.63) is 18.3 Å². The molecule has 0 saturated carbocycles. The average Bonchev–Trinajstić information content (AvgIpc) is 2.48. The molecule has 1 rings (SSSR count). The Balaban J connectivity index is 2.97. The molecule has 4 nitrogen and oxygen atoms in total. The Labute approximate surface area is 77.4 Å². The minimum absolute atomic E-state index is 0.0699. The van der Waals surface area contributed by atoms with Crippen LogP contribution >= 0.6 is 0 Å². The van der Waals surface area contributed by atoms with Gasteiger partial charge in [0.1, 0.15) is 0 Å². The Kier molecular flexibility index (Phi) is 3.08. The molecule has 0 aliphatic rings. The molecule has 0 amide bonds. The lowest BCUT2D eigenvalue weighted by Gasteiger charge is -1.96. The highest BCUT2D eigenvalue weighted by Crippen LogP contribution is 2.22. The van der Waals surface area contributed by atoms with Gasteiger partial charge in [0.15, 0.2) is 0 Å². The van der Waals surface area contributed by atoms with Gasteiger partial charge in [-0.15, -0.1) is 5.10 Å². The van der Waals surface area contributed by atoms with Crippen LogP contribution in [0.25, 0.3) is 5.57 Å². The fourth-order valence-corrected chi connectivity index (χ4v) is 1.06. The van der Waals surface area contributed by atoms with Gasteiger partial charge in [-0.3, -0.25) is 4.68 Å². The number of nitrogens with zero attached hydrogens (tertiary/aromatic N) is 2. The molecule has 0 aliphatic heterocycles. The van der Waals surface area contributed by atoms with Crippen molar-refractivity contribution in [3.63, 3.8) is 0 Å². The first-order chi connectivity index (χ1) is 6.19. The molecule has 0 fully saturated rings. The Hall–Kier alpha value is -1.29. The second kappa shape index (κ2) is 4.09. The quantitative estimate of drug-likeness (QED) is 0.753. The van der Waals surface area contributed by atoms with Crippen molar-refractivity contribution in [2.75, 3.05) is 13.7 Å². The largest absolute Gasteiger partial charge is 0.480 e. The summed E-state index contributed by atoms with van der Waals surface area (Å²) in [4.78, 5) is 0. The molecule has 13 heavy (non-hydrogen) atoms. The van der Waals surface area contributed by atoms with Crippen LogP contribution in [-0.4, -0.2) is 28.6 Å². The van der Waals surface area contributed by atoms with Crippen molar-refractivity contribution in [2.24, 2.45) is 0 Å². The van der Waals surface area contributed by atoms with Crippen LogP contribution in [0, 0.1) is 0 Å². The highest BCUT2D eigenvalue weighted by Gasteiger charge is 2.08. The van der Waals surface area contributed by atoms with E-state index in [0.717, 1.165) is 11.1 Å². The summed E-state index contributed by atoms with van der Waals surface area (Å²) in [6.07, 6.45) is 1.82. The monoisotopic (exact) mass is 182 g/mol. The third-order valence-corrected chi connectivity index (χ3v) is 1.71. The molecule has 1 aromatic rings. The molecule has 1 N–H and O–H groups in total. The molecule has 0 spiro atoms. The van der Waals surface area contributed by atoms with Gasteiger partial charge < -0.3 is 9.84 Å². The predicted octanol–water partition coefficient (Wildman–Crippen LogP) is 0.917. The molecule has 0 unspecified atom stereocenters. The number of methoxy groups -OCH3 is 1. The summed E-state index contributed by atoms with van der Waals surface area (Å²) in [6.45, 7) is 6.25. The molecule has 0 atom stereocenters. The first-order valence-corrected chi connectivity index (χ1v) is 4.07. The molecular weight excluding hydrogens is 168 g/mol. The second-order valence-corrected chi connectivity index (χ2v) is 2.82. The third-order valence-electron chi connectivity index (χ3n) is 1.71. The Morgan fingerprint density at radius 2 is 2.46 bits per heavy atom. The van der Waals surface area contributed by atoms with E-state index in [1.807, 2.05) is 13.1 Å². The van der Waals surface area contributed by atoms with E-state index in [0.29, 0.717) is 12.4 Å². The predicted molar refractivity (Wildman–Crippen MR) is 50.6 cm³/mol. The van der Waals surface area contributed by atoms with Gasteiger partial charge in [-0.2, -0.15) is 0 Å². The number of allylic oxidation sites excluding steroid dienone is 1. The summed E-state index contributed by atoms with van der Waals surface area (Å²) in [5, 5.41) is 12.8. The maximum Gasteiger partial charge on any atom is 0.240 e. The minimum atomic E-state index is 0.0699. The van der Waals surface area contributed by atoms with Gasteiger partial charge in [-0.05, 0) is 12.5 Å². The number of aromatic nitrogens is 2. The molecule has 0 bridgehead atoms. The van der Waals surface area contributed by atoms with E-state index in [-0.39, 0.29) is 6.61 Å². The van der Waals surface area contributed by atoms with Crippen molar-refractivity contribution in [1.29, 1.82) is 0 Å². The first-order valence-electron chi connectivity index (χ1n) is 4.07. The number of rotatable bonds is 4. The standard InChI is InChI=1S/C9H14N2O2/c1-7(2)8-6-11(4-5-12)10-9(8)13-3/h6,12H,1,4-5H2,2-3H3. The van der Waals surface area contributed by atoms with Crippen molar-refractivity contribution < 1.29 is 9.84 Å². The molecule has 0 aromatic carbocycles. The van der Waals surface area contributed by atoms with Gasteiger partial charge in [0, 0.05) is 6.20 Å². The lowest BCUT2D eigenvalue weighted by molar-refractivity contribution is 0.267. The van der Waals surface area contributed by atoms with E-state index in [1.165, 1.54) is 0 Å². The van der Waals surface area contributed by atoms with Gasteiger partial charge in [-0.1, -0.05) is 6.58 Å². The van der Waals surface area contributed by atoms with Gasteiger partial charge in [0.2, 0.25) is 5.88 Å². The average molecular weight is 182 g/mol. The van der Waals surface area contributed by atoms with E-state index in [9.17, 15) is 0 Å². The number of aliphatic hydroxyl groups is 1. The number of ether oxygens (including phenoxy) is 1. The lowest BCUT2D eigenvalue weighted by Crippen LogP contribution is -2.02. The topological polar surface area (TPSA) is 47.3 Å². The molecule has 1 aromatic heterocycles. The molecular formula is C9H14N2O2. The van der Waals surface area contributed by atoms with E-state index in [1.54, 1.807) is 11.8 Å². The fourth-order valence-electron chi connectivity index (χ4n) is 1.06. The van der Waals surface area contributed by atoms with Crippen LogP contribution in [0.3, 0.4) is 0 Å². The van der Waals surface area contributed by atoms with Gasteiger partial charge in [-0.25, -0.2) is 0 Å². The number of aliphatic hydroxyl groups excluding tert-OH is 1. The van der Waals surface area contributed by atoms with Crippen molar-refractivity contribution >= 4 is 5.57 Å². The first kappa shape index (κ1) is 9.80. The minimum Gasteiger partial charge on any atom is -0.480 e. The zero-order valence-electron chi connectivity index (χ0n) is 7.95. The SMILES string of the molecule is C=C(C)c1cn(CCO)nc1OC. The molecule has 1 heterocycles. The van der Waals surface area contributed by atoms with Crippen LogP contribution in [-0.2, 0) is 6.54 Å². The van der Waals surface area contributed by atoms with Crippen LogP contribution in [0.1, 0.15) is 12.5 Å². The number of hydrogen-bond donors (Lipinski definition) is 1. The number of hydrogen-bond acceptors (Lipinski definition) is 3. The highest BCUT2D eigenvalue weighted by molar-refractivity contribution is 5.64. The zero-order valence-corrected chi connectivity index (χ0v) is 7.95. The molecule has 0 aliphatic carbocycles. The lowest BCUT2D eigenvalue weighted by atomic mass is 10.2. The van der Waals surface area contributed by atoms with Crippen molar-refractivity contribution in [2.45, 2.75) is 13.5 Å². The summed E-state index contributed by atoms with van der Waals surface area (Å²) in [5.74, 6) is 0.556. The Morgan fingerprint density at radius 3 is 2.85 bits per heavy atom. The highest BCUT2D eigenvalue weighted by atomic mass is 16.5. The van der Waals surface area contributed by atoms with E-state index in [4.69, 9.17) is 9.84 Å². The van der Waals surface area contributed by atoms with Crippen LogP contribution in [0.2, 0.25) is 0 Å². The molecule has 0 saturated heterocycles. The Morgan fingerprint density at radius 1 is 1.77 bits per heavy atom.